The lowest BCUT2D eigenvalue weighted by Gasteiger charge is -2.17. The van der Waals surface area contributed by atoms with E-state index in [1.54, 1.807) is 12.1 Å². The largest absolute Gasteiger partial charge is 0.484 e. The van der Waals surface area contributed by atoms with Crippen LogP contribution in [0.15, 0.2) is 65.1 Å². The molecule has 0 fully saturated rings. The van der Waals surface area contributed by atoms with E-state index in [0.717, 1.165) is 16.8 Å². The van der Waals surface area contributed by atoms with Crippen molar-refractivity contribution in [2.45, 2.75) is 19.4 Å². The minimum Gasteiger partial charge on any atom is -0.484 e. The summed E-state index contributed by atoms with van der Waals surface area (Å²) in [5, 5.41) is 4.74. The van der Waals surface area contributed by atoms with E-state index < -0.39 is 0 Å². The van der Waals surface area contributed by atoms with Crippen molar-refractivity contribution in [3.05, 3.63) is 76.0 Å². The third-order valence-corrected chi connectivity index (χ3v) is 5.20. The van der Waals surface area contributed by atoms with Crippen LogP contribution >= 0.6 is 11.3 Å². The minimum atomic E-state index is -0.338. The van der Waals surface area contributed by atoms with Crippen molar-refractivity contribution in [1.29, 1.82) is 0 Å². The zero-order valence-corrected chi connectivity index (χ0v) is 15.9. The maximum atomic E-state index is 12.3. The van der Waals surface area contributed by atoms with Gasteiger partial charge in [-0.2, -0.15) is 4.99 Å². The fourth-order valence-electron chi connectivity index (χ4n) is 3.02. The highest BCUT2D eigenvalue weighted by Gasteiger charge is 2.15. The van der Waals surface area contributed by atoms with Gasteiger partial charge in [0.2, 0.25) is 5.91 Å². The average Bonchev–Trinajstić information content (AvgIpc) is 3.13. The molecule has 6 nitrogen and oxygen atoms in total. The number of rotatable bonds is 5. The molecule has 1 aliphatic heterocycles. The Morgan fingerprint density at radius 2 is 2.04 bits per heavy atom. The van der Waals surface area contributed by atoms with E-state index in [1.165, 1.54) is 11.3 Å². The molecule has 0 radical (unpaired) electrons. The summed E-state index contributed by atoms with van der Waals surface area (Å²) in [6.45, 7) is 0.530. The number of carbonyl (C=O) groups excluding carboxylic acids is 2. The molecular formula is C21H19N3O3S. The first-order valence-corrected chi connectivity index (χ1v) is 9.86. The van der Waals surface area contributed by atoms with Crippen molar-refractivity contribution < 1.29 is 14.3 Å². The van der Waals surface area contributed by atoms with E-state index in [4.69, 9.17) is 4.74 Å². The summed E-state index contributed by atoms with van der Waals surface area (Å²) in [7, 11) is 0. The molecule has 0 saturated carbocycles. The third kappa shape index (κ3) is 4.37. The lowest BCUT2D eigenvalue weighted by Crippen LogP contribution is -2.20. The molecule has 7 heteroatoms. The second-order valence-electron chi connectivity index (χ2n) is 6.46. The van der Waals surface area contributed by atoms with Crippen LogP contribution in [-0.2, 0) is 22.6 Å². The van der Waals surface area contributed by atoms with Gasteiger partial charge in [0, 0.05) is 30.2 Å². The highest BCUT2D eigenvalue weighted by molar-refractivity contribution is 7.07. The monoisotopic (exact) mass is 393 g/mol. The van der Waals surface area contributed by atoms with Gasteiger partial charge in [-0.25, -0.2) is 0 Å². The predicted molar refractivity (Wildman–Crippen MR) is 107 cm³/mol. The van der Waals surface area contributed by atoms with Crippen LogP contribution in [0.1, 0.15) is 17.5 Å². The number of anilines is 1. The second-order valence-corrected chi connectivity index (χ2v) is 7.33. The molecule has 1 aromatic heterocycles. The number of fused-ring (bicyclic) bond motifs is 1. The fourth-order valence-corrected chi connectivity index (χ4v) is 3.77. The van der Waals surface area contributed by atoms with Crippen molar-refractivity contribution >= 4 is 28.8 Å². The molecule has 1 aliphatic rings. The van der Waals surface area contributed by atoms with E-state index in [1.807, 2.05) is 52.5 Å². The molecule has 2 heterocycles. The van der Waals surface area contributed by atoms with Crippen LogP contribution < -0.4 is 14.9 Å². The molecule has 2 aromatic carbocycles. The summed E-state index contributed by atoms with van der Waals surface area (Å²) in [5.41, 5.74) is 2.97. The lowest BCUT2D eigenvalue weighted by molar-refractivity contribution is -0.120. The molecule has 0 aliphatic carbocycles. The molecule has 3 aromatic rings. The normalized spacial score (nSPS) is 13.7. The van der Waals surface area contributed by atoms with Gasteiger partial charge in [0.1, 0.15) is 5.75 Å². The third-order valence-electron chi connectivity index (χ3n) is 4.41. The van der Waals surface area contributed by atoms with Crippen LogP contribution in [0.2, 0.25) is 0 Å². The van der Waals surface area contributed by atoms with E-state index in [2.05, 4.69) is 10.3 Å². The number of amides is 2. The van der Waals surface area contributed by atoms with Crippen molar-refractivity contribution in [2.75, 3.05) is 11.9 Å². The van der Waals surface area contributed by atoms with Crippen LogP contribution in [0.4, 0.5) is 5.69 Å². The Labute approximate surface area is 166 Å². The Morgan fingerprint density at radius 3 is 2.89 bits per heavy atom. The molecule has 1 N–H and O–H groups in total. The lowest BCUT2D eigenvalue weighted by atomic mass is 10.0. The predicted octanol–water partition coefficient (Wildman–Crippen LogP) is 2.99. The number of hydrogen-bond acceptors (Lipinski definition) is 4. The van der Waals surface area contributed by atoms with Gasteiger partial charge in [-0.15, -0.1) is 11.3 Å². The molecule has 0 saturated heterocycles. The molecule has 142 valence electrons. The van der Waals surface area contributed by atoms with Gasteiger partial charge in [-0.05, 0) is 35.7 Å². The first-order valence-electron chi connectivity index (χ1n) is 8.98. The smallest absolute Gasteiger partial charge is 0.286 e. The summed E-state index contributed by atoms with van der Waals surface area (Å²) < 4.78 is 7.55. The van der Waals surface area contributed by atoms with Gasteiger partial charge in [-0.3, -0.25) is 9.59 Å². The van der Waals surface area contributed by atoms with Gasteiger partial charge >= 0.3 is 0 Å². The van der Waals surface area contributed by atoms with Crippen molar-refractivity contribution in [3.63, 3.8) is 0 Å². The highest BCUT2D eigenvalue weighted by Crippen LogP contribution is 2.26. The Hall–Kier alpha value is -3.19. The topological polar surface area (TPSA) is 72.7 Å². The second kappa shape index (κ2) is 8.22. The standard InChI is InChI=1S/C21H19N3O3S/c25-19-9-6-16-12-17(7-8-18(16)22-19)27-14-20(26)23-21-24(10-11-28-21)13-15-4-2-1-3-5-15/h1-5,7-8,10-12H,6,9,13-14H2,(H,22,25). The number of hydrogen-bond donors (Lipinski definition) is 1. The molecular weight excluding hydrogens is 374 g/mol. The van der Waals surface area contributed by atoms with Crippen LogP contribution in [-0.4, -0.2) is 23.0 Å². The molecule has 2 amide bonds. The zero-order valence-electron chi connectivity index (χ0n) is 15.1. The summed E-state index contributed by atoms with van der Waals surface area (Å²) in [6, 6.07) is 15.4. The summed E-state index contributed by atoms with van der Waals surface area (Å²) >= 11 is 1.42. The van der Waals surface area contributed by atoms with E-state index >= 15 is 0 Å². The first kappa shape index (κ1) is 18.2. The maximum Gasteiger partial charge on any atom is 0.286 e. The van der Waals surface area contributed by atoms with Crippen LogP contribution in [0, 0.1) is 0 Å². The Morgan fingerprint density at radius 1 is 1.18 bits per heavy atom. The molecule has 0 atom stereocenters. The molecule has 0 bridgehead atoms. The fraction of sp³-hybridized carbons (Fsp3) is 0.190. The molecule has 0 unspecified atom stereocenters. The number of carbonyl (C=O) groups is 2. The minimum absolute atomic E-state index is 0.0231. The van der Waals surface area contributed by atoms with E-state index in [-0.39, 0.29) is 18.4 Å². The Balaban J connectivity index is 1.41. The number of nitrogens with zero attached hydrogens (tertiary/aromatic N) is 2. The van der Waals surface area contributed by atoms with Crippen LogP contribution in [0.25, 0.3) is 0 Å². The number of ether oxygens (including phenoxy) is 1. The quantitative estimate of drug-likeness (QED) is 0.724. The number of benzene rings is 2. The maximum absolute atomic E-state index is 12.3. The van der Waals surface area contributed by atoms with Crippen molar-refractivity contribution in [1.82, 2.24) is 4.57 Å². The van der Waals surface area contributed by atoms with Crippen LogP contribution in [0.3, 0.4) is 0 Å². The summed E-state index contributed by atoms with van der Waals surface area (Å²) in [5.74, 6) is 0.284. The average molecular weight is 393 g/mol. The zero-order chi connectivity index (χ0) is 19.3. The van der Waals surface area contributed by atoms with Gasteiger partial charge in [0.15, 0.2) is 11.4 Å². The van der Waals surface area contributed by atoms with Gasteiger partial charge in [0.05, 0.1) is 0 Å². The number of aryl methyl sites for hydroxylation is 1. The van der Waals surface area contributed by atoms with Gasteiger partial charge in [0.25, 0.3) is 5.91 Å². The van der Waals surface area contributed by atoms with Crippen molar-refractivity contribution in [2.24, 2.45) is 4.99 Å². The van der Waals surface area contributed by atoms with Gasteiger partial charge in [-0.1, -0.05) is 30.3 Å². The molecule has 28 heavy (non-hydrogen) atoms. The first-order chi connectivity index (χ1) is 13.7. The van der Waals surface area contributed by atoms with Gasteiger partial charge < -0.3 is 14.6 Å². The van der Waals surface area contributed by atoms with Crippen LogP contribution in [0.5, 0.6) is 5.75 Å². The number of aromatic nitrogens is 1. The number of thiazole rings is 1. The number of nitrogens with one attached hydrogen (secondary N) is 1. The van der Waals surface area contributed by atoms with Crippen molar-refractivity contribution in [3.8, 4) is 5.75 Å². The summed E-state index contributed by atoms with van der Waals surface area (Å²) in [4.78, 5) is 28.5. The SMILES string of the molecule is O=C(COc1ccc2c(c1)CCC(=O)N2)N=c1sccn1Cc1ccccc1. The van der Waals surface area contributed by atoms with E-state index in [0.29, 0.717) is 29.9 Å². The van der Waals surface area contributed by atoms with E-state index in [9.17, 15) is 9.59 Å². The highest BCUT2D eigenvalue weighted by atomic mass is 32.1. The molecule has 4 rings (SSSR count). The summed E-state index contributed by atoms with van der Waals surface area (Å²) in [6.07, 6.45) is 3.05. The Kier molecular flexibility index (Phi) is 5.34. The Bertz CT molecular complexity index is 1070. The molecule has 0 spiro atoms.